The molecule has 0 saturated carbocycles. The highest BCUT2D eigenvalue weighted by atomic mass is 16.3. The molecule has 11 aromatic rings. The Hall–Kier alpha value is -7.30. The van der Waals surface area contributed by atoms with E-state index in [2.05, 4.69) is 191 Å². The molecule has 0 saturated heterocycles. The summed E-state index contributed by atoms with van der Waals surface area (Å²) in [5, 5.41) is 4.31. The summed E-state index contributed by atoms with van der Waals surface area (Å²) in [7, 11) is 0. The van der Waals surface area contributed by atoms with Crippen molar-refractivity contribution in [1.29, 1.82) is 0 Å². The predicted octanol–water partition coefficient (Wildman–Crippen LogP) is 14.2. The molecule has 3 heterocycles. The molecule has 0 aliphatic rings. The van der Waals surface area contributed by atoms with Crippen LogP contribution in [0.2, 0.25) is 0 Å². The van der Waals surface area contributed by atoms with Crippen molar-refractivity contribution in [3.63, 3.8) is 0 Å². The lowest BCUT2D eigenvalue weighted by molar-refractivity contribution is 0.669. The molecule has 0 aliphatic heterocycles. The van der Waals surface area contributed by atoms with E-state index in [-0.39, 0.29) is 0 Å². The Morgan fingerprint density at radius 3 is 1.85 bits per heavy atom. The molecule has 0 radical (unpaired) electrons. The molecule has 4 heteroatoms. The maximum absolute atomic E-state index is 7.03. The van der Waals surface area contributed by atoms with Gasteiger partial charge in [0, 0.05) is 38.7 Å². The van der Waals surface area contributed by atoms with Crippen LogP contribution in [0.15, 0.2) is 203 Å². The second kappa shape index (κ2) is 12.1. The van der Waals surface area contributed by atoms with Crippen LogP contribution in [-0.2, 0) is 0 Å². The van der Waals surface area contributed by atoms with E-state index in [1.54, 1.807) is 0 Å². The standard InChI is InChI=1S/C50H32N2O2/c1-3-15-33(16-4-1)34-29-31-36(32-30-34)51(44-26-14-28-46-47(44)40-21-9-12-27-45(40)53-46)42-24-10-7-19-37(42)38-22-13-23-41-48-50(54-49(38)41)39-20-8-11-25-43(39)52(48)35-17-5-2-6-18-35/h1-32H. The summed E-state index contributed by atoms with van der Waals surface area (Å²) < 4.78 is 15.8. The minimum Gasteiger partial charge on any atom is -0.456 e. The smallest absolute Gasteiger partial charge is 0.161 e. The average Bonchev–Trinajstić information content (AvgIpc) is 3.92. The highest BCUT2D eigenvalue weighted by molar-refractivity contribution is 6.19. The Balaban J connectivity index is 1.17. The quantitative estimate of drug-likeness (QED) is 0.174. The Kier molecular flexibility index (Phi) is 6.82. The number of anilines is 3. The molecular weight excluding hydrogens is 661 g/mol. The van der Waals surface area contributed by atoms with Gasteiger partial charge in [0.1, 0.15) is 22.3 Å². The van der Waals surface area contributed by atoms with Gasteiger partial charge in [0.2, 0.25) is 0 Å². The van der Waals surface area contributed by atoms with Crippen molar-refractivity contribution in [3.8, 4) is 27.9 Å². The number of furan rings is 2. The van der Waals surface area contributed by atoms with Gasteiger partial charge in [-0.1, -0.05) is 127 Å². The molecular formula is C50H32N2O2. The van der Waals surface area contributed by atoms with Gasteiger partial charge in [0.25, 0.3) is 0 Å². The van der Waals surface area contributed by atoms with Crippen LogP contribution in [-0.4, -0.2) is 4.57 Å². The summed E-state index contributed by atoms with van der Waals surface area (Å²) in [6, 6.07) is 68.2. The van der Waals surface area contributed by atoms with E-state index in [4.69, 9.17) is 8.83 Å². The normalized spacial score (nSPS) is 11.7. The third-order valence-electron chi connectivity index (χ3n) is 10.6. The number of aromatic nitrogens is 1. The fourth-order valence-electron chi connectivity index (χ4n) is 8.23. The van der Waals surface area contributed by atoms with Crippen molar-refractivity contribution < 1.29 is 8.83 Å². The second-order valence-corrected chi connectivity index (χ2v) is 13.7. The lowest BCUT2D eigenvalue weighted by Gasteiger charge is -2.28. The van der Waals surface area contributed by atoms with E-state index in [9.17, 15) is 0 Å². The summed E-state index contributed by atoms with van der Waals surface area (Å²) in [6.07, 6.45) is 0. The zero-order chi connectivity index (χ0) is 35.6. The van der Waals surface area contributed by atoms with Crippen molar-refractivity contribution in [2.45, 2.75) is 0 Å². The van der Waals surface area contributed by atoms with E-state index in [1.165, 1.54) is 5.56 Å². The third kappa shape index (κ3) is 4.64. The van der Waals surface area contributed by atoms with E-state index in [1.807, 2.05) is 12.1 Å². The van der Waals surface area contributed by atoms with E-state index in [0.29, 0.717) is 0 Å². The van der Waals surface area contributed by atoms with Gasteiger partial charge in [-0.25, -0.2) is 0 Å². The third-order valence-corrected chi connectivity index (χ3v) is 10.6. The minimum atomic E-state index is 0.848. The first-order chi connectivity index (χ1) is 26.8. The van der Waals surface area contributed by atoms with Gasteiger partial charge in [0.05, 0.1) is 22.3 Å². The predicted molar refractivity (Wildman–Crippen MR) is 223 cm³/mol. The Morgan fingerprint density at radius 1 is 0.389 bits per heavy atom. The monoisotopic (exact) mass is 692 g/mol. The Morgan fingerprint density at radius 2 is 1.00 bits per heavy atom. The summed E-state index contributed by atoms with van der Waals surface area (Å²) in [6.45, 7) is 0. The van der Waals surface area contributed by atoms with Gasteiger partial charge < -0.3 is 18.3 Å². The molecule has 11 rings (SSSR count). The van der Waals surface area contributed by atoms with Gasteiger partial charge in [0.15, 0.2) is 5.58 Å². The molecule has 0 aliphatic carbocycles. The molecule has 0 N–H and O–H groups in total. The van der Waals surface area contributed by atoms with Crippen LogP contribution in [0.25, 0.3) is 82.9 Å². The van der Waals surface area contributed by atoms with Crippen LogP contribution in [0.4, 0.5) is 17.1 Å². The molecule has 254 valence electrons. The van der Waals surface area contributed by atoms with Gasteiger partial charge in [-0.2, -0.15) is 0 Å². The van der Waals surface area contributed by atoms with Crippen LogP contribution in [0, 0.1) is 0 Å². The Labute approximate surface area is 311 Å². The molecule has 0 bridgehead atoms. The summed E-state index contributed by atoms with van der Waals surface area (Å²) in [4.78, 5) is 2.37. The molecule has 4 nitrogen and oxygen atoms in total. The zero-order valence-corrected chi connectivity index (χ0v) is 29.2. The number of fused-ring (bicyclic) bond motifs is 8. The fourth-order valence-corrected chi connectivity index (χ4v) is 8.23. The van der Waals surface area contributed by atoms with Crippen LogP contribution < -0.4 is 4.90 Å². The van der Waals surface area contributed by atoms with E-state index >= 15 is 0 Å². The van der Waals surface area contributed by atoms with Gasteiger partial charge >= 0.3 is 0 Å². The minimum absolute atomic E-state index is 0.848. The summed E-state index contributed by atoms with van der Waals surface area (Å²) >= 11 is 0. The zero-order valence-electron chi connectivity index (χ0n) is 29.2. The van der Waals surface area contributed by atoms with Gasteiger partial charge in [-0.15, -0.1) is 0 Å². The van der Waals surface area contributed by atoms with Crippen LogP contribution in [0.1, 0.15) is 0 Å². The van der Waals surface area contributed by atoms with E-state index < -0.39 is 0 Å². The number of rotatable bonds is 6. The number of hydrogen-bond donors (Lipinski definition) is 0. The fraction of sp³-hybridized carbons (Fsp3) is 0. The van der Waals surface area contributed by atoms with Crippen molar-refractivity contribution in [1.82, 2.24) is 4.57 Å². The second-order valence-electron chi connectivity index (χ2n) is 13.7. The first-order valence-corrected chi connectivity index (χ1v) is 18.3. The van der Waals surface area contributed by atoms with Crippen LogP contribution >= 0.6 is 0 Å². The van der Waals surface area contributed by atoms with Gasteiger partial charge in [-0.05, 0) is 77.9 Å². The largest absolute Gasteiger partial charge is 0.456 e. The molecule has 0 spiro atoms. The van der Waals surface area contributed by atoms with Crippen molar-refractivity contribution >= 4 is 72.0 Å². The van der Waals surface area contributed by atoms with Gasteiger partial charge in [-0.3, -0.25) is 0 Å². The first-order valence-electron chi connectivity index (χ1n) is 18.3. The van der Waals surface area contributed by atoms with Crippen molar-refractivity contribution in [2.24, 2.45) is 0 Å². The summed E-state index contributed by atoms with van der Waals surface area (Å²) in [5.74, 6) is 0. The number of para-hydroxylation sites is 5. The van der Waals surface area contributed by atoms with Crippen molar-refractivity contribution in [2.75, 3.05) is 4.90 Å². The number of nitrogens with zero attached hydrogens (tertiary/aromatic N) is 2. The molecule has 3 aromatic heterocycles. The molecule has 8 aromatic carbocycles. The SMILES string of the molecule is c1ccc(-c2ccc(N(c3ccccc3-c3cccc4c3oc3c5ccccc5n(-c5ccccc5)c43)c3cccc4oc5ccccc5c34)cc2)cc1. The molecule has 0 fully saturated rings. The molecule has 54 heavy (non-hydrogen) atoms. The molecule has 0 unspecified atom stereocenters. The lowest BCUT2D eigenvalue weighted by Crippen LogP contribution is -2.11. The van der Waals surface area contributed by atoms with Crippen molar-refractivity contribution in [3.05, 3.63) is 194 Å². The maximum atomic E-state index is 7.03. The van der Waals surface area contributed by atoms with Crippen LogP contribution in [0.3, 0.4) is 0 Å². The molecule has 0 atom stereocenters. The highest BCUT2D eigenvalue weighted by Gasteiger charge is 2.25. The van der Waals surface area contributed by atoms with Crippen LogP contribution in [0.5, 0.6) is 0 Å². The number of benzene rings is 8. The summed E-state index contributed by atoms with van der Waals surface area (Å²) in [5.41, 5.74) is 14.3. The number of hydrogen-bond acceptors (Lipinski definition) is 3. The average molecular weight is 693 g/mol. The lowest BCUT2D eigenvalue weighted by atomic mass is 9.98. The highest BCUT2D eigenvalue weighted by Crippen LogP contribution is 2.48. The molecule has 0 amide bonds. The topological polar surface area (TPSA) is 34.5 Å². The maximum Gasteiger partial charge on any atom is 0.161 e. The first kappa shape index (κ1) is 30.3. The Bertz CT molecular complexity index is 3150. The van der Waals surface area contributed by atoms with E-state index in [0.717, 1.165) is 94.4 Å².